The third-order valence-electron chi connectivity index (χ3n) is 12.1. The van der Waals surface area contributed by atoms with Gasteiger partial charge in [0.2, 0.25) is 0 Å². The van der Waals surface area contributed by atoms with Gasteiger partial charge in [0, 0.05) is 57.6 Å². The smallest absolute Gasteiger partial charge is 0.164 e. The van der Waals surface area contributed by atoms with Crippen molar-refractivity contribution in [3.63, 3.8) is 0 Å². The Hall–Kier alpha value is -8.29. The largest absolute Gasteiger partial charge is 0.265 e. The maximum atomic E-state index is 5.23. The molecule has 13 rings (SSSR count). The van der Waals surface area contributed by atoms with Gasteiger partial charge in [-0.2, -0.15) is 0 Å². The molecule has 3 aromatic heterocycles. The molecule has 3 heterocycles. The Labute approximate surface area is 358 Å². The quantitative estimate of drug-likeness (QED) is 0.159. The van der Waals surface area contributed by atoms with Gasteiger partial charge < -0.3 is 0 Å². The maximum absolute atomic E-state index is 5.23. The van der Waals surface area contributed by atoms with Gasteiger partial charge in [-0.15, -0.1) is 0 Å². The van der Waals surface area contributed by atoms with Crippen LogP contribution in [0.15, 0.2) is 200 Å². The molecule has 0 amide bonds. The first kappa shape index (κ1) is 35.6. The molecular formula is C55H35N7. The van der Waals surface area contributed by atoms with Gasteiger partial charge in [0.1, 0.15) is 0 Å². The molecule has 7 aromatic carbocycles. The molecule has 0 aliphatic heterocycles. The van der Waals surface area contributed by atoms with Crippen LogP contribution in [0.2, 0.25) is 0 Å². The summed E-state index contributed by atoms with van der Waals surface area (Å²) in [6, 6.07) is 65.1. The number of aromatic nitrogens is 7. The Bertz CT molecular complexity index is 3240. The Morgan fingerprint density at radius 3 is 1.05 bits per heavy atom. The summed E-state index contributed by atoms with van der Waals surface area (Å²) in [5.74, 6) is 3.87. The molecule has 62 heavy (non-hydrogen) atoms. The molecule has 0 spiro atoms. The van der Waals surface area contributed by atoms with Crippen LogP contribution in [0.1, 0.15) is 45.2 Å². The van der Waals surface area contributed by atoms with Crippen molar-refractivity contribution in [2.24, 2.45) is 0 Å². The molecule has 7 nitrogen and oxygen atoms in total. The van der Waals surface area contributed by atoms with Gasteiger partial charge >= 0.3 is 0 Å². The van der Waals surface area contributed by atoms with E-state index in [9.17, 15) is 0 Å². The van der Waals surface area contributed by atoms with Crippen LogP contribution in [-0.2, 0) is 0 Å². The van der Waals surface area contributed by atoms with Crippen molar-refractivity contribution in [1.29, 1.82) is 0 Å². The summed E-state index contributed by atoms with van der Waals surface area (Å²) in [6.07, 6.45) is 3.63. The Morgan fingerprint density at radius 2 is 0.597 bits per heavy atom. The lowest BCUT2D eigenvalue weighted by Gasteiger charge is -2.42. The summed E-state index contributed by atoms with van der Waals surface area (Å²) in [5, 5.41) is 0. The average molecular weight is 794 g/mol. The number of rotatable bonds is 7. The van der Waals surface area contributed by atoms with E-state index in [1.165, 1.54) is 33.4 Å². The summed E-state index contributed by atoms with van der Waals surface area (Å²) in [5.41, 5.74) is 15.5. The molecule has 0 saturated carbocycles. The molecule has 3 aliphatic carbocycles. The predicted molar refractivity (Wildman–Crippen MR) is 244 cm³/mol. The van der Waals surface area contributed by atoms with E-state index in [1.807, 2.05) is 128 Å². The van der Waals surface area contributed by atoms with Crippen LogP contribution in [0.3, 0.4) is 0 Å². The lowest BCUT2D eigenvalue weighted by molar-refractivity contribution is 0.754. The molecule has 0 saturated heterocycles. The van der Waals surface area contributed by atoms with E-state index in [2.05, 4.69) is 77.8 Å². The minimum absolute atomic E-state index is 0.0237. The average Bonchev–Trinajstić information content (AvgIpc) is 3.36. The molecule has 0 radical (unpaired) electrons. The van der Waals surface area contributed by atoms with Crippen LogP contribution in [-0.4, -0.2) is 34.9 Å². The van der Waals surface area contributed by atoms with E-state index in [1.54, 1.807) is 0 Å². The minimum atomic E-state index is 0.0237. The fourth-order valence-corrected chi connectivity index (χ4v) is 9.24. The monoisotopic (exact) mass is 793 g/mol. The van der Waals surface area contributed by atoms with Crippen LogP contribution >= 0.6 is 0 Å². The first-order valence-corrected chi connectivity index (χ1v) is 20.8. The molecule has 0 fully saturated rings. The summed E-state index contributed by atoms with van der Waals surface area (Å²) in [6.45, 7) is 0. The predicted octanol–water partition coefficient (Wildman–Crippen LogP) is 12.1. The van der Waals surface area contributed by atoms with Crippen molar-refractivity contribution in [1.82, 2.24) is 34.9 Å². The van der Waals surface area contributed by atoms with E-state index in [-0.39, 0.29) is 11.8 Å². The second kappa shape index (κ2) is 14.8. The summed E-state index contributed by atoms with van der Waals surface area (Å²) in [7, 11) is 0. The number of hydrogen-bond donors (Lipinski definition) is 0. The van der Waals surface area contributed by atoms with Gasteiger partial charge in [0.25, 0.3) is 0 Å². The lowest BCUT2D eigenvalue weighted by Crippen LogP contribution is -2.27. The van der Waals surface area contributed by atoms with Crippen LogP contribution in [0.25, 0.3) is 79.5 Å². The summed E-state index contributed by atoms with van der Waals surface area (Å²) in [4.78, 5) is 34.8. The summed E-state index contributed by atoms with van der Waals surface area (Å²) < 4.78 is 0. The standard InChI is InChI=1S/C55H35N7/c1-4-14-35(15-5-1)50-57-51(36-16-6-2-7-17-36)59-53(58-50)38-24-26-43-46(32-38)48-41-21-11-12-22-42(41)49(43)47-33-39(25-27-44(47)48)54-60-52(37-18-8-3-9-19-37)61-55(62-54)45-23-13-10-20-40(45)34-28-30-56-31-29-34/h1-33,48-49H. The van der Waals surface area contributed by atoms with Crippen LogP contribution in [0, 0.1) is 0 Å². The van der Waals surface area contributed by atoms with Crippen LogP contribution < -0.4 is 0 Å². The van der Waals surface area contributed by atoms with Crippen molar-refractivity contribution in [2.45, 2.75) is 11.8 Å². The molecule has 2 atom stereocenters. The third-order valence-corrected chi connectivity index (χ3v) is 12.1. The van der Waals surface area contributed by atoms with E-state index < -0.39 is 0 Å². The zero-order valence-electron chi connectivity index (χ0n) is 33.3. The van der Waals surface area contributed by atoms with Crippen molar-refractivity contribution >= 4 is 0 Å². The van der Waals surface area contributed by atoms with Gasteiger partial charge in [0.05, 0.1) is 0 Å². The normalized spacial score (nSPS) is 14.5. The molecule has 2 bridgehead atoms. The van der Waals surface area contributed by atoms with Gasteiger partial charge in [-0.1, -0.05) is 164 Å². The van der Waals surface area contributed by atoms with E-state index in [4.69, 9.17) is 29.9 Å². The topological polar surface area (TPSA) is 90.2 Å². The zero-order chi connectivity index (χ0) is 41.0. The number of nitrogens with zero attached hydrogens (tertiary/aromatic N) is 7. The molecule has 7 heteroatoms. The molecule has 2 unspecified atom stereocenters. The van der Waals surface area contributed by atoms with E-state index >= 15 is 0 Å². The zero-order valence-corrected chi connectivity index (χ0v) is 33.3. The van der Waals surface area contributed by atoms with Crippen molar-refractivity contribution < 1.29 is 0 Å². The third kappa shape index (κ3) is 6.09. The first-order chi connectivity index (χ1) is 30.7. The second-order valence-corrected chi connectivity index (χ2v) is 15.7. The molecule has 0 N–H and O–H groups in total. The number of pyridine rings is 1. The minimum Gasteiger partial charge on any atom is -0.265 e. The molecule has 10 aromatic rings. The molecule has 290 valence electrons. The van der Waals surface area contributed by atoms with Crippen molar-refractivity contribution in [3.05, 3.63) is 234 Å². The SMILES string of the molecule is c1ccc(-c2nc(-c3ccccc3)nc(-c3ccc4c(c3)C3c5ccccc5C4c4cc(-c5nc(-c6ccccc6)nc(-c6ccccc6-c6ccncc6)n5)ccc43)n2)cc1. The second-order valence-electron chi connectivity index (χ2n) is 15.7. The Kier molecular flexibility index (Phi) is 8.49. The van der Waals surface area contributed by atoms with E-state index in [0.717, 1.165) is 44.5 Å². The van der Waals surface area contributed by atoms with Gasteiger partial charge in [-0.05, 0) is 68.8 Å². The van der Waals surface area contributed by atoms with Gasteiger partial charge in [0.15, 0.2) is 34.9 Å². The van der Waals surface area contributed by atoms with Crippen LogP contribution in [0.5, 0.6) is 0 Å². The highest BCUT2D eigenvalue weighted by Crippen LogP contribution is 2.56. The molecular weight excluding hydrogens is 759 g/mol. The van der Waals surface area contributed by atoms with E-state index in [0.29, 0.717) is 34.9 Å². The fraction of sp³-hybridized carbons (Fsp3) is 0.0364. The summed E-state index contributed by atoms with van der Waals surface area (Å²) >= 11 is 0. The highest BCUT2D eigenvalue weighted by molar-refractivity contribution is 5.82. The highest BCUT2D eigenvalue weighted by Gasteiger charge is 2.41. The molecule has 3 aliphatic rings. The maximum Gasteiger partial charge on any atom is 0.164 e. The number of benzene rings is 7. The lowest BCUT2D eigenvalue weighted by atomic mass is 9.61. The van der Waals surface area contributed by atoms with Crippen molar-refractivity contribution in [2.75, 3.05) is 0 Å². The Balaban J connectivity index is 0.993. The van der Waals surface area contributed by atoms with Gasteiger partial charge in [-0.3, -0.25) is 4.98 Å². The highest BCUT2D eigenvalue weighted by atomic mass is 15.0. The Morgan fingerprint density at radius 1 is 0.242 bits per heavy atom. The fourth-order valence-electron chi connectivity index (χ4n) is 9.24. The van der Waals surface area contributed by atoms with Crippen molar-refractivity contribution in [3.8, 4) is 79.5 Å². The first-order valence-electron chi connectivity index (χ1n) is 20.8. The van der Waals surface area contributed by atoms with Crippen LogP contribution in [0.4, 0.5) is 0 Å². The number of hydrogen-bond acceptors (Lipinski definition) is 7. The van der Waals surface area contributed by atoms with Gasteiger partial charge in [-0.25, -0.2) is 29.9 Å².